The highest BCUT2D eigenvalue weighted by Gasteiger charge is 2.15. The Morgan fingerprint density at radius 2 is 1.85 bits per heavy atom. The number of carbonyl (C=O) groups is 2. The first-order chi connectivity index (χ1) is 12.5. The molecule has 6 heteroatoms. The molecule has 0 unspecified atom stereocenters. The largest absolute Gasteiger partial charge is 0.497 e. The van der Waals surface area contributed by atoms with Crippen LogP contribution in [-0.2, 0) is 19.1 Å². The Kier molecular flexibility index (Phi) is 7.17. The second kappa shape index (κ2) is 9.58. The lowest BCUT2D eigenvalue weighted by Gasteiger charge is -2.11. The Morgan fingerprint density at radius 3 is 2.58 bits per heavy atom. The van der Waals surface area contributed by atoms with E-state index in [1.54, 1.807) is 20.3 Å². The van der Waals surface area contributed by atoms with E-state index in [9.17, 15) is 9.59 Å². The standard InChI is InChI=1S/C20H23NO5/c1-14(20(23)21-10-11-24-2)26-19(22)9-5-15-4-6-17-13-18(25-3)8-7-16(17)12-15/h4-9,12-14H,10-11H2,1-3H3,(H,21,23)/b9-5+/t14-/m0/s1. The molecule has 0 spiro atoms. The molecule has 0 fully saturated rings. The minimum atomic E-state index is -0.868. The van der Waals surface area contributed by atoms with Gasteiger partial charge in [-0.3, -0.25) is 4.79 Å². The van der Waals surface area contributed by atoms with Gasteiger partial charge in [-0.1, -0.05) is 18.2 Å². The molecule has 26 heavy (non-hydrogen) atoms. The van der Waals surface area contributed by atoms with Crippen LogP contribution >= 0.6 is 0 Å². The van der Waals surface area contributed by atoms with Gasteiger partial charge >= 0.3 is 5.97 Å². The highest BCUT2D eigenvalue weighted by Crippen LogP contribution is 2.22. The molecule has 0 saturated heterocycles. The second-order valence-electron chi connectivity index (χ2n) is 5.67. The van der Waals surface area contributed by atoms with Crippen molar-refractivity contribution in [2.75, 3.05) is 27.4 Å². The molecule has 0 saturated carbocycles. The normalized spacial score (nSPS) is 12.1. The Bertz CT molecular complexity index is 800. The van der Waals surface area contributed by atoms with E-state index in [2.05, 4.69) is 5.32 Å². The van der Waals surface area contributed by atoms with E-state index in [4.69, 9.17) is 14.2 Å². The number of carbonyl (C=O) groups excluding carboxylic acids is 2. The van der Waals surface area contributed by atoms with Crippen LogP contribution in [0.5, 0.6) is 5.75 Å². The maximum Gasteiger partial charge on any atom is 0.331 e. The number of hydrogen-bond acceptors (Lipinski definition) is 5. The van der Waals surface area contributed by atoms with Crippen LogP contribution in [0.2, 0.25) is 0 Å². The van der Waals surface area contributed by atoms with Crippen molar-refractivity contribution in [3.05, 3.63) is 48.0 Å². The zero-order valence-corrected chi connectivity index (χ0v) is 15.2. The molecule has 0 radical (unpaired) electrons. The molecule has 2 aromatic rings. The van der Waals surface area contributed by atoms with Crippen molar-refractivity contribution < 1.29 is 23.8 Å². The zero-order chi connectivity index (χ0) is 18.9. The molecular weight excluding hydrogens is 334 g/mol. The summed E-state index contributed by atoms with van der Waals surface area (Å²) in [5.74, 6) is -0.139. The van der Waals surface area contributed by atoms with Gasteiger partial charge in [-0.25, -0.2) is 4.79 Å². The fourth-order valence-corrected chi connectivity index (χ4v) is 2.32. The minimum Gasteiger partial charge on any atom is -0.497 e. The first-order valence-corrected chi connectivity index (χ1v) is 8.26. The highest BCUT2D eigenvalue weighted by atomic mass is 16.5. The predicted octanol–water partition coefficient (Wildman–Crippen LogP) is 2.56. The molecule has 0 aliphatic heterocycles. The minimum absolute atomic E-state index is 0.358. The van der Waals surface area contributed by atoms with Crippen LogP contribution in [0, 0.1) is 0 Å². The zero-order valence-electron chi connectivity index (χ0n) is 15.2. The van der Waals surface area contributed by atoms with Crippen LogP contribution in [0.3, 0.4) is 0 Å². The molecule has 0 aliphatic rings. The molecule has 2 aromatic carbocycles. The smallest absolute Gasteiger partial charge is 0.331 e. The summed E-state index contributed by atoms with van der Waals surface area (Å²) >= 11 is 0. The van der Waals surface area contributed by atoms with Gasteiger partial charge in [-0.15, -0.1) is 0 Å². The number of fused-ring (bicyclic) bond motifs is 1. The number of methoxy groups -OCH3 is 2. The SMILES string of the molecule is COCCNC(=O)[C@H](C)OC(=O)/C=C/c1ccc2cc(OC)ccc2c1. The maximum absolute atomic E-state index is 11.9. The third kappa shape index (κ3) is 5.60. The number of amides is 1. The third-order valence-corrected chi connectivity index (χ3v) is 3.75. The molecule has 0 aromatic heterocycles. The van der Waals surface area contributed by atoms with Crippen LogP contribution in [0.1, 0.15) is 12.5 Å². The lowest BCUT2D eigenvalue weighted by molar-refractivity contribution is -0.150. The van der Waals surface area contributed by atoms with Crippen molar-refractivity contribution in [2.45, 2.75) is 13.0 Å². The van der Waals surface area contributed by atoms with Gasteiger partial charge in [0.25, 0.3) is 5.91 Å². The molecule has 0 heterocycles. The first-order valence-electron chi connectivity index (χ1n) is 8.26. The van der Waals surface area contributed by atoms with E-state index < -0.39 is 12.1 Å². The summed E-state index contributed by atoms with van der Waals surface area (Å²) in [4.78, 5) is 23.6. The lowest BCUT2D eigenvalue weighted by atomic mass is 10.1. The quantitative estimate of drug-likeness (QED) is 0.446. The van der Waals surface area contributed by atoms with Crippen molar-refractivity contribution in [1.82, 2.24) is 5.32 Å². The monoisotopic (exact) mass is 357 g/mol. The maximum atomic E-state index is 11.9. The number of benzene rings is 2. The van der Waals surface area contributed by atoms with E-state index in [1.165, 1.54) is 13.0 Å². The van der Waals surface area contributed by atoms with Crippen molar-refractivity contribution in [3.63, 3.8) is 0 Å². The van der Waals surface area contributed by atoms with Crippen LogP contribution in [-0.4, -0.2) is 45.4 Å². The third-order valence-electron chi connectivity index (χ3n) is 3.75. The molecule has 6 nitrogen and oxygen atoms in total. The van der Waals surface area contributed by atoms with Gasteiger partial charge in [0.2, 0.25) is 0 Å². The fraction of sp³-hybridized carbons (Fsp3) is 0.300. The summed E-state index contributed by atoms with van der Waals surface area (Å²) in [5, 5.41) is 4.70. The molecule has 1 N–H and O–H groups in total. The van der Waals surface area contributed by atoms with Crippen molar-refractivity contribution in [2.24, 2.45) is 0 Å². The highest BCUT2D eigenvalue weighted by molar-refractivity contribution is 5.92. The average molecular weight is 357 g/mol. The first kappa shape index (κ1) is 19.5. The topological polar surface area (TPSA) is 73.9 Å². The molecular formula is C20H23NO5. The summed E-state index contributed by atoms with van der Waals surface area (Å²) in [7, 11) is 3.17. The number of ether oxygens (including phenoxy) is 3. The summed E-state index contributed by atoms with van der Waals surface area (Å²) in [6.45, 7) is 2.30. The van der Waals surface area contributed by atoms with E-state index >= 15 is 0 Å². The number of hydrogen-bond donors (Lipinski definition) is 1. The van der Waals surface area contributed by atoms with Gasteiger partial charge in [-0.2, -0.15) is 0 Å². The van der Waals surface area contributed by atoms with Crippen LogP contribution in [0.15, 0.2) is 42.5 Å². The second-order valence-corrected chi connectivity index (χ2v) is 5.67. The Hall–Kier alpha value is -2.86. The number of rotatable bonds is 8. The van der Waals surface area contributed by atoms with Crippen molar-refractivity contribution in [1.29, 1.82) is 0 Å². The van der Waals surface area contributed by atoms with E-state index in [-0.39, 0.29) is 5.91 Å². The van der Waals surface area contributed by atoms with Crippen LogP contribution < -0.4 is 10.1 Å². The molecule has 1 amide bonds. The number of nitrogens with one attached hydrogen (secondary N) is 1. The van der Waals surface area contributed by atoms with Crippen LogP contribution in [0.4, 0.5) is 0 Å². The summed E-state index contributed by atoms with van der Waals surface area (Å²) < 4.78 is 15.1. The Labute approximate surface area is 152 Å². The lowest BCUT2D eigenvalue weighted by Crippen LogP contribution is -2.37. The Balaban J connectivity index is 1.94. The Morgan fingerprint density at radius 1 is 1.12 bits per heavy atom. The van der Waals surface area contributed by atoms with E-state index in [0.717, 1.165) is 22.1 Å². The van der Waals surface area contributed by atoms with Crippen molar-refractivity contribution in [3.8, 4) is 5.75 Å². The molecule has 0 aliphatic carbocycles. The predicted molar refractivity (Wildman–Crippen MR) is 100.0 cm³/mol. The summed E-state index contributed by atoms with van der Waals surface area (Å²) in [6.07, 6.45) is 2.10. The summed E-state index contributed by atoms with van der Waals surface area (Å²) in [6, 6.07) is 11.6. The van der Waals surface area contributed by atoms with Gasteiger partial charge in [-0.05, 0) is 47.5 Å². The molecule has 138 valence electrons. The van der Waals surface area contributed by atoms with E-state index in [1.807, 2.05) is 36.4 Å². The van der Waals surface area contributed by atoms with Crippen molar-refractivity contribution >= 4 is 28.7 Å². The van der Waals surface area contributed by atoms with Gasteiger partial charge in [0.15, 0.2) is 6.10 Å². The van der Waals surface area contributed by atoms with Crippen LogP contribution in [0.25, 0.3) is 16.8 Å². The van der Waals surface area contributed by atoms with Gasteiger partial charge in [0.1, 0.15) is 5.75 Å². The summed E-state index contributed by atoms with van der Waals surface area (Å²) in [5.41, 5.74) is 0.858. The average Bonchev–Trinajstić information content (AvgIpc) is 2.65. The van der Waals surface area contributed by atoms with Gasteiger partial charge in [0.05, 0.1) is 13.7 Å². The van der Waals surface area contributed by atoms with Gasteiger partial charge in [0, 0.05) is 19.7 Å². The molecule has 1 atom stereocenters. The number of esters is 1. The fourth-order valence-electron chi connectivity index (χ4n) is 2.32. The van der Waals surface area contributed by atoms with Gasteiger partial charge < -0.3 is 19.5 Å². The molecule has 2 rings (SSSR count). The van der Waals surface area contributed by atoms with E-state index in [0.29, 0.717) is 13.2 Å². The molecule has 0 bridgehead atoms.